The van der Waals surface area contributed by atoms with Crippen LogP contribution in [0.4, 0.5) is 0 Å². The Morgan fingerprint density at radius 2 is 1.02 bits per heavy atom. The molecule has 0 spiro atoms. The number of phosphoric acid groups is 1. The minimum atomic E-state index is -4.61. The number of hydrogen-bond donors (Lipinski definition) is 2. The van der Waals surface area contributed by atoms with Crippen LogP contribution in [0, 0.1) is 0 Å². The maximum Gasteiger partial charge on any atom is 0.268 e. The summed E-state index contributed by atoms with van der Waals surface area (Å²) in [6.07, 6.45) is 57.2. The van der Waals surface area contributed by atoms with Crippen molar-refractivity contribution in [2.45, 2.75) is 225 Å². The van der Waals surface area contributed by atoms with Gasteiger partial charge in [0.25, 0.3) is 7.82 Å². The number of quaternary nitrogens is 1. The van der Waals surface area contributed by atoms with E-state index in [1.165, 1.54) is 116 Å². The van der Waals surface area contributed by atoms with Crippen molar-refractivity contribution >= 4 is 13.7 Å². The van der Waals surface area contributed by atoms with E-state index in [4.69, 9.17) is 9.05 Å². The third-order valence-electron chi connectivity index (χ3n) is 11.0. The summed E-state index contributed by atoms with van der Waals surface area (Å²) < 4.78 is 23.2. The number of rotatable bonds is 45. The van der Waals surface area contributed by atoms with Crippen LogP contribution < -0.4 is 10.2 Å². The minimum Gasteiger partial charge on any atom is -0.756 e. The summed E-state index contributed by atoms with van der Waals surface area (Å²) >= 11 is 0. The van der Waals surface area contributed by atoms with Crippen LogP contribution in [-0.2, 0) is 18.4 Å². The molecule has 0 aliphatic rings. The number of likely N-dealkylation sites (N-methyl/N-ethyl adjacent to an activating group) is 1. The molecule has 9 heteroatoms. The van der Waals surface area contributed by atoms with E-state index >= 15 is 0 Å². The lowest BCUT2D eigenvalue weighted by molar-refractivity contribution is -0.870. The van der Waals surface area contributed by atoms with E-state index in [1.54, 1.807) is 6.08 Å². The van der Waals surface area contributed by atoms with Gasteiger partial charge in [0, 0.05) is 6.42 Å². The lowest BCUT2D eigenvalue weighted by Crippen LogP contribution is -2.45. The molecule has 0 fully saturated rings. The average molecular weight is 877 g/mol. The first-order valence-electron chi connectivity index (χ1n) is 25.2. The zero-order valence-electron chi connectivity index (χ0n) is 40.4. The third-order valence-corrected chi connectivity index (χ3v) is 11.9. The van der Waals surface area contributed by atoms with Crippen molar-refractivity contribution in [2.24, 2.45) is 0 Å². The summed E-state index contributed by atoms with van der Waals surface area (Å²) in [6, 6.07) is -0.914. The molecule has 0 aromatic rings. The van der Waals surface area contributed by atoms with Gasteiger partial charge in [0.15, 0.2) is 0 Å². The van der Waals surface area contributed by atoms with Crippen LogP contribution >= 0.6 is 7.82 Å². The fraction of sp³-hybridized carbons (Fsp3) is 0.788. The van der Waals surface area contributed by atoms with Gasteiger partial charge in [-0.2, -0.15) is 0 Å². The third kappa shape index (κ3) is 46.0. The largest absolute Gasteiger partial charge is 0.756 e. The highest BCUT2D eigenvalue weighted by molar-refractivity contribution is 7.45. The van der Waals surface area contributed by atoms with Gasteiger partial charge in [0.2, 0.25) is 5.91 Å². The van der Waals surface area contributed by atoms with Crippen molar-refractivity contribution < 1.29 is 32.9 Å². The summed E-state index contributed by atoms with van der Waals surface area (Å²) in [5.41, 5.74) is 0. The van der Waals surface area contributed by atoms with Gasteiger partial charge in [-0.3, -0.25) is 9.36 Å². The quantitative estimate of drug-likeness (QED) is 0.0273. The van der Waals surface area contributed by atoms with Gasteiger partial charge >= 0.3 is 0 Å². The Labute approximate surface area is 377 Å². The second kappa shape index (κ2) is 43.5. The van der Waals surface area contributed by atoms with E-state index < -0.39 is 26.6 Å². The number of unbranched alkanes of at least 4 members (excludes halogenated alkanes) is 24. The van der Waals surface area contributed by atoms with Crippen LogP contribution in [0.1, 0.15) is 213 Å². The molecule has 0 radical (unpaired) electrons. The summed E-state index contributed by atoms with van der Waals surface area (Å²) in [4.78, 5) is 25.4. The predicted octanol–water partition coefficient (Wildman–Crippen LogP) is 14.0. The van der Waals surface area contributed by atoms with Crippen LogP contribution in [0.5, 0.6) is 0 Å². The van der Waals surface area contributed by atoms with Gasteiger partial charge in [-0.1, -0.05) is 203 Å². The smallest absolute Gasteiger partial charge is 0.268 e. The highest BCUT2D eigenvalue weighted by atomic mass is 31.2. The number of phosphoric ester groups is 1. The number of allylic oxidation sites excluding steroid dienone is 9. The Balaban J connectivity index is 4.36. The molecular formula is C52H97N2O6P. The van der Waals surface area contributed by atoms with E-state index in [-0.39, 0.29) is 12.5 Å². The number of aliphatic hydroxyl groups is 1. The molecule has 2 N–H and O–H groups in total. The molecule has 0 rings (SSSR count). The number of nitrogens with one attached hydrogen (secondary N) is 1. The fourth-order valence-electron chi connectivity index (χ4n) is 7.01. The zero-order valence-corrected chi connectivity index (χ0v) is 41.2. The lowest BCUT2D eigenvalue weighted by Gasteiger charge is -2.29. The van der Waals surface area contributed by atoms with Gasteiger partial charge in [0.1, 0.15) is 13.2 Å². The molecule has 0 bridgehead atoms. The summed E-state index contributed by atoms with van der Waals surface area (Å²) in [6.45, 7) is 4.50. The van der Waals surface area contributed by atoms with Crippen molar-refractivity contribution in [3.8, 4) is 0 Å². The lowest BCUT2D eigenvalue weighted by atomic mass is 10.0. The molecule has 3 atom stereocenters. The second-order valence-electron chi connectivity index (χ2n) is 18.1. The van der Waals surface area contributed by atoms with E-state index in [9.17, 15) is 19.4 Å². The van der Waals surface area contributed by atoms with E-state index in [2.05, 4.69) is 67.8 Å². The van der Waals surface area contributed by atoms with Gasteiger partial charge < -0.3 is 28.8 Å². The first-order valence-corrected chi connectivity index (χ1v) is 26.6. The molecule has 0 saturated heterocycles. The standard InChI is InChI=1S/C52H97N2O6P/c1-6-8-10-12-14-16-18-20-22-23-24-25-26-27-28-29-30-32-33-35-37-39-41-43-45-51(55)50(49-60-61(57,58)59-48-47-54(3,4)5)53-52(56)46-44-42-40-38-36-34-31-21-19-17-15-13-11-9-7-2/h9,11,15,17,21,31,35,37,43,45,50-51,55H,6-8,10,12-14,16,18-20,22-30,32-34,36,38-42,44,46-49H2,1-5H3,(H-,53,56,57,58)/b11-9-,17-15-,31-21-,37-35+,45-43+. The summed E-state index contributed by atoms with van der Waals surface area (Å²) in [7, 11) is 1.22. The molecular weight excluding hydrogens is 780 g/mol. The van der Waals surface area contributed by atoms with Crippen LogP contribution in [0.25, 0.3) is 0 Å². The van der Waals surface area contributed by atoms with E-state index in [0.717, 1.165) is 77.0 Å². The van der Waals surface area contributed by atoms with Crippen molar-refractivity contribution in [3.63, 3.8) is 0 Å². The maximum atomic E-state index is 12.9. The summed E-state index contributed by atoms with van der Waals surface area (Å²) in [5, 5.41) is 13.8. The first-order chi connectivity index (χ1) is 29.5. The van der Waals surface area contributed by atoms with Crippen LogP contribution in [-0.4, -0.2) is 68.5 Å². The van der Waals surface area contributed by atoms with Crippen LogP contribution in [0.3, 0.4) is 0 Å². The molecule has 8 nitrogen and oxygen atoms in total. The SMILES string of the molecule is CC/C=C\C/C=C\C/C=C\CCCCCCCC(=O)NC(COP(=O)([O-])OCC[N+](C)(C)C)C(O)/C=C/CC/C=C/CCCCCCCCCCCCCCCCCCCC. The zero-order chi connectivity index (χ0) is 45.0. The number of carbonyl (C=O) groups excluding carboxylic acids is 1. The molecule has 0 aromatic carbocycles. The Morgan fingerprint density at radius 1 is 0.590 bits per heavy atom. The van der Waals surface area contributed by atoms with Crippen molar-refractivity contribution in [1.29, 1.82) is 0 Å². The summed E-state index contributed by atoms with van der Waals surface area (Å²) in [5.74, 6) is -0.226. The van der Waals surface area contributed by atoms with Gasteiger partial charge in [-0.15, -0.1) is 0 Å². The average Bonchev–Trinajstić information content (AvgIpc) is 3.21. The molecule has 0 aromatic heterocycles. The normalized spacial score (nSPS) is 14.7. The monoisotopic (exact) mass is 877 g/mol. The van der Waals surface area contributed by atoms with Gasteiger partial charge in [-0.25, -0.2) is 0 Å². The highest BCUT2D eigenvalue weighted by Crippen LogP contribution is 2.38. The van der Waals surface area contributed by atoms with Gasteiger partial charge in [0.05, 0.1) is 39.9 Å². The fourth-order valence-corrected chi connectivity index (χ4v) is 7.73. The number of aliphatic hydroxyl groups excluding tert-OH is 1. The molecule has 0 saturated carbocycles. The molecule has 1 amide bonds. The highest BCUT2D eigenvalue weighted by Gasteiger charge is 2.23. The minimum absolute atomic E-state index is 0.0123. The van der Waals surface area contributed by atoms with Gasteiger partial charge in [-0.05, 0) is 64.2 Å². The molecule has 3 unspecified atom stereocenters. The molecule has 0 heterocycles. The molecule has 0 aliphatic carbocycles. The number of nitrogens with zero attached hydrogens (tertiary/aromatic N) is 1. The Kier molecular flexibility index (Phi) is 42.2. The van der Waals surface area contributed by atoms with Crippen molar-refractivity contribution in [3.05, 3.63) is 60.8 Å². The topological polar surface area (TPSA) is 108 Å². The number of carbonyl (C=O) groups is 1. The predicted molar refractivity (Wildman–Crippen MR) is 261 cm³/mol. The maximum absolute atomic E-state index is 12.9. The Hall–Kier alpha value is -1.80. The first kappa shape index (κ1) is 59.2. The molecule has 61 heavy (non-hydrogen) atoms. The number of amides is 1. The van der Waals surface area contributed by atoms with Crippen molar-refractivity contribution in [1.82, 2.24) is 5.32 Å². The van der Waals surface area contributed by atoms with Crippen LogP contribution in [0.15, 0.2) is 60.8 Å². The van der Waals surface area contributed by atoms with Crippen LogP contribution in [0.2, 0.25) is 0 Å². The molecule has 0 aliphatic heterocycles. The Bertz CT molecular complexity index is 1180. The Morgan fingerprint density at radius 3 is 1.52 bits per heavy atom. The van der Waals surface area contributed by atoms with Crippen molar-refractivity contribution in [2.75, 3.05) is 40.9 Å². The number of hydrogen-bond acceptors (Lipinski definition) is 6. The van der Waals surface area contributed by atoms with E-state index in [0.29, 0.717) is 17.4 Å². The molecule has 356 valence electrons. The van der Waals surface area contributed by atoms with E-state index in [1.807, 2.05) is 27.2 Å². The second-order valence-corrected chi connectivity index (χ2v) is 19.5.